The average molecular weight is 210 g/mol. The molecule has 1 aromatic rings. The van der Waals surface area contributed by atoms with Crippen molar-refractivity contribution < 1.29 is 0 Å². The lowest BCUT2D eigenvalue weighted by atomic mass is 10.1. The molecule has 1 aliphatic carbocycles. The highest BCUT2D eigenvalue weighted by atomic mass is 15.1. The first-order valence-corrected chi connectivity index (χ1v) is 5.36. The quantitative estimate of drug-likeness (QED) is 0.639. The molecule has 0 heterocycles. The van der Waals surface area contributed by atoms with Gasteiger partial charge in [-0.1, -0.05) is 42.5 Å². The maximum absolute atomic E-state index is 4.24. The maximum atomic E-state index is 4.24. The first-order chi connectivity index (χ1) is 7.86. The molecule has 80 valence electrons. The van der Waals surface area contributed by atoms with Crippen molar-refractivity contribution in [3.63, 3.8) is 0 Å². The van der Waals surface area contributed by atoms with Crippen LogP contribution in [0.15, 0.2) is 76.1 Å². The summed E-state index contributed by atoms with van der Waals surface area (Å²) in [6.07, 6.45) is 9.22. The van der Waals surface area contributed by atoms with E-state index in [9.17, 15) is 0 Å². The molecule has 0 unspecified atom stereocenters. The number of benzene rings is 1. The van der Waals surface area contributed by atoms with E-state index in [1.54, 1.807) is 0 Å². The highest BCUT2D eigenvalue weighted by molar-refractivity contribution is 5.36. The zero-order valence-electron chi connectivity index (χ0n) is 9.30. The molecule has 0 bridgehead atoms. The number of hydrogen-bond acceptors (Lipinski definition) is 2. The summed E-state index contributed by atoms with van der Waals surface area (Å²) in [5.74, 6) is 0. The largest absolute Gasteiger partial charge is 0.155 e. The Labute approximate surface area is 95.7 Å². The first-order valence-electron chi connectivity index (χ1n) is 5.36. The fourth-order valence-electron chi connectivity index (χ4n) is 1.47. The topological polar surface area (TPSA) is 24.7 Å². The third-order valence-electron chi connectivity index (χ3n) is 2.42. The van der Waals surface area contributed by atoms with Gasteiger partial charge >= 0.3 is 0 Å². The minimum absolute atomic E-state index is 0.887. The van der Waals surface area contributed by atoms with E-state index in [1.807, 2.05) is 49.4 Å². The molecule has 0 saturated carbocycles. The van der Waals surface area contributed by atoms with Crippen LogP contribution in [0, 0.1) is 0 Å². The van der Waals surface area contributed by atoms with Gasteiger partial charge in [0.2, 0.25) is 0 Å². The van der Waals surface area contributed by atoms with Gasteiger partial charge in [-0.3, -0.25) is 0 Å². The van der Waals surface area contributed by atoms with E-state index in [-0.39, 0.29) is 0 Å². The molecule has 0 radical (unpaired) electrons. The van der Waals surface area contributed by atoms with Crippen LogP contribution >= 0.6 is 0 Å². The van der Waals surface area contributed by atoms with Crippen LogP contribution in [0.4, 0.5) is 5.69 Å². The van der Waals surface area contributed by atoms with Crippen LogP contribution in [-0.2, 0) is 0 Å². The number of hydrogen-bond donors (Lipinski definition) is 0. The maximum Gasteiger partial charge on any atom is 0.0856 e. The third-order valence-corrected chi connectivity index (χ3v) is 2.42. The van der Waals surface area contributed by atoms with Crippen molar-refractivity contribution in [1.82, 2.24) is 0 Å². The van der Waals surface area contributed by atoms with Crippen LogP contribution in [0.1, 0.15) is 13.3 Å². The smallest absolute Gasteiger partial charge is 0.0856 e. The predicted octanol–water partition coefficient (Wildman–Crippen LogP) is 4.56. The summed E-state index contributed by atoms with van der Waals surface area (Å²) in [7, 11) is 0. The Morgan fingerprint density at radius 2 is 1.94 bits per heavy atom. The van der Waals surface area contributed by atoms with Crippen molar-refractivity contribution in [3.05, 3.63) is 65.9 Å². The Balaban J connectivity index is 2.13. The van der Waals surface area contributed by atoms with E-state index < -0.39 is 0 Å². The van der Waals surface area contributed by atoms with E-state index in [2.05, 4.69) is 22.4 Å². The monoisotopic (exact) mass is 210 g/mol. The van der Waals surface area contributed by atoms with Gasteiger partial charge in [0.15, 0.2) is 0 Å². The van der Waals surface area contributed by atoms with Crippen LogP contribution in [0.2, 0.25) is 0 Å². The zero-order chi connectivity index (χ0) is 11.2. The molecule has 0 fully saturated rings. The van der Waals surface area contributed by atoms with Gasteiger partial charge in [-0.05, 0) is 31.1 Å². The lowest BCUT2D eigenvalue weighted by Crippen LogP contribution is -1.84. The van der Waals surface area contributed by atoms with Crippen molar-refractivity contribution in [2.75, 3.05) is 0 Å². The molecule has 2 heteroatoms. The third kappa shape index (κ3) is 2.76. The van der Waals surface area contributed by atoms with Gasteiger partial charge in [-0.25, -0.2) is 0 Å². The highest BCUT2D eigenvalue weighted by Crippen LogP contribution is 2.18. The van der Waals surface area contributed by atoms with E-state index in [4.69, 9.17) is 0 Å². The summed E-state index contributed by atoms with van der Waals surface area (Å²) in [6.45, 7) is 1.99. The van der Waals surface area contributed by atoms with Crippen LogP contribution in [0.3, 0.4) is 0 Å². The number of nitrogens with zero attached hydrogens (tertiary/aromatic N) is 2. The van der Waals surface area contributed by atoms with E-state index in [0.29, 0.717) is 0 Å². The van der Waals surface area contributed by atoms with E-state index >= 15 is 0 Å². The summed E-state index contributed by atoms with van der Waals surface area (Å²) < 4.78 is 0. The average Bonchev–Trinajstić information content (AvgIpc) is 2.38. The summed E-state index contributed by atoms with van der Waals surface area (Å²) in [5, 5.41) is 8.43. The molecule has 0 aliphatic heterocycles. The number of allylic oxidation sites excluding steroid dienone is 6. The van der Waals surface area contributed by atoms with E-state index in [0.717, 1.165) is 17.8 Å². The lowest BCUT2D eigenvalue weighted by Gasteiger charge is -2.03. The highest BCUT2D eigenvalue weighted by Gasteiger charge is 1.98. The lowest BCUT2D eigenvalue weighted by molar-refractivity contribution is 1.07. The van der Waals surface area contributed by atoms with Gasteiger partial charge in [-0.2, -0.15) is 10.2 Å². The summed E-state index contributed by atoms with van der Waals surface area (Å²) >= 11 is 0. The molecule has 0 amide bonds. The molecule has 1 aromatic carbocycles. The molecule has 16 heavy (non-hydrogen) atoms. The fraction of sp³-hybridized carbons (Fsp3) is 0.143. The molecule has 0 atom stereocenters. The Kier molecular flexibility index (Phi) is 3.44. The SMILES string of the molecule is C/C(N=Nc1ccccc1)=C1\C=CC=CC1. The van der Waals surface area contributed by atoms with Gasteiger partial charge in [0.1, 0.15) is 0 Å². The van der Waals surface area contributed by atoms with Gasteiger partial charge in [0.25, 0.3) is 0 Å². The predicted molar refractivity (Wildman–Crippen MR) is 66.6 cm³/mol. The normalized spacial score (nSPS) is 18.1. The Hall–Kier alpha value is -1.96. The van der Waals surface area contributed by atoms with Crippen molar-refractivity contribution in [1.29, 1.82) is 0 Å². The van der Waals surface area contributed by atoms with Crippen LogP contribution in [-0.4, -0.2) is 0 Å². The Morgan fingerprint density at radius 3 is 2.62 bits per heavy atom. The van der Waals surface area contributed by atoms with Crippen molar-refractivity contribution in [2.45, 2.75) is 13.3 Å². The van der Waals surface area contributed by atoms with Crippen molar-refractivity contribution in [2.24, 2.45) is 10.2 Å². The van der Waals surface area contributed by atoms with Crippen LogP contribution in [0.5, 0.6) is 0 Å². The summed E-state index contributed by atoms with van der Waals surface area (Å²) in [6, 6.07) is 9.77. The van der Waals surface area contributed by atoms with Gasteiger partial charge in [-0.15, -0.1) is 0 Å². The number of rotatable bonds is 2. The Bertz CT molecular complexity index is 465. The van der Waals surface area contributed by atoms with Gasteiger partial charge in [0, 0.05) is 0 Å². The second-order valence-corrected chi connectivity index (χ2v) is 3.64. The number of azo groups is 1. The second kappa shape index (κ2) is 5.21. The molecule has 2 nitrogen and oxygen atoms in total. The Morgan fingerprint density at radius 1 is 1.12 bits per heavy atom. The minimum atomic E-state index is 0.887. The second-order valence-electron chi connectivity index (χ2n) is 3.64. The molecule has 1 aliphatic rings. The van der Waals surface area contributed by atoms with E-state index in [1.165, 1.54) is 5.57 Å². The molecule has 0 saturated heterocycles. The molecule has 2 rings (SSSR count). The molecule has 0 N–H and O–H groups in total. The standard InChI is InChI=1S/C14H14N2/c1-12(13-8-4-2-5-9-13)15-16-14-10-6-3-7-11-14/h2-8,10-11H,9H2,1H3/b13-12-,16-15?. The van der Waals surface area contributed by atoms with Crippen molar-refractivity contribution >= 4 is 5.69 Å². The molecule has 0 aromatic heterocycles. The van der Waals surface area contributed by atoms with Crippen molar-refractivity contribution in [3.8, 4) is 0 Å². The minimum Gasteiger partial charge on any atom is -0.155 e. The van der Waals surface area contributed by atoms with Crippen LogP contribution in [0.25, 0.3) is 0 Å². The fourth-order valence-corrected chi connectivity index (χ4v) is 1.47. The van der Waals surface area contributed by atoms with Gasteiger partial charge < -0.3 is 0 Å². The molecule has 0 spiro atoms. The first kappa shape index (κ1) is 10.6. The van der Waals surface area contributed by atoms with Gasteiger partial charge in [0.05, 0.1) is 11.4 Å². The summed E-state index contributed by atoms with van der Waals surface area (Å²) in [4.78, 5) is 0. The van der Waals surface area contributed by atoms with Crippen LogP contribution < -0.4 is 0 Å². The molecular weight excluding hydrogens is 196 g/mol. The summed E-state index contributed by atoms with van der Waals surface area (Å²) in [5.41, 5.74) is 3.09. The zero-order valence-corrected chi connectivity index (χ0v) is 9.30. The molecular formula is C14H14N2.